The van der Waals surface area contributed by atoms with E-state index in [2.05, 4.69) is 17.2 Å². The molecule has 0 fully saturated rings. The summed E-state index contributed by atoms with van der Waals surface area (Å²) in [5.74, 6) is 0.414. The summed E-state index contributed by atoms with van der Waals surface area (Å²) in [5, 5.41) is 7.65. The molecular weight excluding hydrogens is 304 g/mol. The first-order valence-electron chi connectivity index (χ1n) is 6.19. The lowest BCUT2D eigenvalue weighted by Gasteiger charge is -2.13. The van der Waals surface area contributed by atoms with Crippen LogP contribution in [0.5, 0.6) is 5.75 Å². The molecule has 1 amide bonds. The summed E-state index contributed by atoms with van der Waals surface area (Å²) in [6.45, 7) is 4.00. The summed E-state index contributed by atoms with van der Waals surface area (Å²) in [5.41, 5.74) is 0.691. The molecule has 21 heavy (non-hydrogen) atoms. The van der Waals surface area contributed by atoms with E-state index in [-0.39, 0.29) is 11.0 Å². The second-order valence-electron chi connectivity index (χ2n) is 3.98. The van der Waals surface area contributed by atoms with Crippen molar-refractivity contribution in [2.75, 3.05) is 11.9 Å². The highest BCUT2D eigenvalue weighted by molar-refractivity contribution is 7.80. The smallest absolute Gasteiger partial charge is 0.267 e. The van der Waals surface area contributed by atoms with Crippen molar-refractivity contribution in [2.45, 2.75) is 0 Å². The summed E-state index contributed by atoms with van der Waals surface area (Å²) < 4.78 is 5.51. The highest BCUT2D eigenvalue weighted by Crippen LogP contribution is 2.23. The molecule has 0 saturated carbocycles. The van der Waals surface area contributed by atoms with Crippen LogP contribution in [0.4, 0.5) is 5.69 Å². The zero-order valence-electron chi connectivity index (χ0n) is 11.2. The monoisotopic (exact) mass is 318 g/mol. The molecule has 0 spiro atoms. The Labute approximate surface area is 132 Å². The number of carbonyl (C=O) groups excluding carboxylic acids is 1. The molecule has 0 radical (unpaired) electrons. The van der Waals surface area contributed by atoms with Gasteiger partial charge in [-0.1, -0.05) is 30.9 Å². The van der Waals surface area contributed by atoms with Gasteiger partial charge < -0.3 is 10.1 Å². The van der Waals surface area contributed by atoms with E-state index < -0.39 is 0 Å². The highest BCUT2D eigenvalue weighted by Gasteiger charge is 2.10. The lowest BCUT2D eigenvalue weighted by molar-refractivity contribution is 0.0981. The van der Waals surface area contributed by atoms with Crippen LogP contribution in [0.2, 0.25) is 0 Å². The van der Waals surface area contributed by atoms with Gasteiger partial charge in [-0.05, 0) is 35.8 Å². The van der Waals surface area contributed by atoms with Gasteiger partial charge in [-0.25, -0.2) is 0 Å². The van der Waals surface area contributed by atoms with Crippen LogP contribution in [-0.4, -0.2) is 17.6 Å². The molecule has 0 bridgehead atoms. The Bertz CT molecular complexity index is 639. The lowest BCUT2D eigenvalue weighted by Crippen LogP contribution is -2.33. The molecule has 1 heterocycles. The molecule has 0 aliphatic heterocycles. The molecule has 0 aliphatic rings. The van der Waals surface area contributed by atoms with E-state index >= 15 is 0 Å². The van der Waals surface area contributed by atoms with Crippen molar-refractivity contribution in [3.63, 3.8) is 0 Å². The third-order valence-electron chi connectivity index (χ3n) is 2.46. The Morgan fingerprint density at radius 2 is 2.14 bits per heavy atom. The molecule has 1 aromatic heterocycles. The summed E-state index contributed by atoms with van der Waals surface area (Å²) in [4.78, 5) is 12.5. The minimum Gasteiger partial charge on any atom is -0.487 e. The van der Waals surface area contributed by atoms with Gasteiger partial charge >= 0.3 is 0 Å². The average Bonchev–Trinajstić information content (AvgIpc) is 3.00. The summed E-state index contributed by atoms with van der Waals surface area (Å²) >= 11 is 6.50. The number of nitrogens with one attached hydrogen (secondary N) is 2. The van der Waals surface area contributed by atoms with Gasteiger partial charge in [-0.3, -0.25) is 10.1 Å². The number of ether oxygens (including phenoxy) is 1. The van der Waals surface area contributed by atoms with E-state index in [9.17, 15) is 4.79 Å². The number of amides is 1. The number of para-hydroxylation sites is 2. The number of hydrogen-bond acceptors (Lipinski definition) is 4. The molecule has 0 aliphatic carbocycles. The lowest BCUT2D eigenvalue weighted by atomic mass is 10.3. The van der Waals surface area contributed by atoms with E-state index in [4.69, 9.17) is 17.0 Å². The van der Waals surface area contributed by atoms with Crippen molar-refractivity contribution in [2.24, 2.45) is 0 Å². The SMILES string of the molecule is C=CCOc1ccccc1NC(=S)NC(=O)c1cccs1. The van der Waals surface area contributed by atoms with Gasteiger partial charge in [0.05, 0.1) is 10.6 Å². The molecule has 108 valence electrons. The quantitative estimate of drug-likeness (QED) is 0.655. The van der Waals surface area contributed by atoms with Crippen LogP contribution in [0.1, 0.15) is 9.67 Å². The van der Waals surface area contributed by atoms with Crippen LogP contribution < -0.4 is 15.4 Å². The summed E-state index contributed by atoms with van der Waals surface area (Å²) in [6, 6.07) is 10.9. The first kappa shape index (κ1) is 15.2. The fourth-order valence-corrected chi connectivity index (χ4v) is 2.39. The van der Waals surface area contributed by atoms with Gasteiger partial charge in [0.15, 0.2) is 5.11 Å². The molecule has 6 heteroatoms. The summed E-state index contributed by atoms with van der Waals surface area (Å²) in [7, 11) is 0. The minimum atomic E-state index is -0.230. The Balaban J connectivity index is 1.99. The van der Waals surface area contributed by atoms with Crippen molar-refractivity contribution in [3.8, 4) is 5.75 Å². The Kier molecular flexibility index (Phi) is 5.48. The first-order valence-corrected chi connectivity index (χ1v) is 7.48. The average molecular weight is 318 g/mol. The van der Waals surface area contributed by atoms with E-state index in [1.54, 1.807) is 12.1 Å². The van der Waals surface area contributed by atoms with Crippen molar-refractivity contribution in [1.29, 1.82) is 0 Å². The number of rotatable bonds is 5. The maximum absolute atomic E-state index is 11.9. The number of thiocarbonyl (C=S) groups is 1. The van der Waals surface area contributed by atoms with Gasteiger partial charge in [-0.15, -0.1) is 11.3 Å². The van der Waals surface area contributed by atoms with Crippen molar-refractivity contribution in [3.05, 3.63) is 59.3 Å². The van der Waals surface area contributed by atoms with E-state index in [1.165, 1.54) is 11.3 Å². The van der Waals surface area contributed by atoms with Crippen LogP contribution in [0.25, 0.3) is 0 Å². The van der Waals surface area contributed by atoms with Crippen molar-refractivity contribution in [1.82, 2.24) is 5.32 Å². The van der Waals surface area contributed by atoms with Gasteiger partial charge in [0, 0.05) is 0 Å². The maximum Gasteiger partial charge on any atom is 0.267 e. The van der Waals surface area contributed by atoms with Gasteiger partial charge in [-0.2, -0.15) is 0 Å². The van der Waals surface area contributed by atoms with Gasteiger partial charge in [0.25, 0.3) is 5.91 Å². The number of carbonyl (C=O) groups is 1. The number of thiophene rings is 1. The predicted octanol–water partition coefficient (Wildman–Crippen LogP) is 3.44. The third kappa shape index (κ3) is 4.40. The van der Waals surface area contributed by atoms with Crippen LogP contribution in [-0.2, 0) is 0 Å². The maximum atomic E-state index is 11.9. The molecule has 1 aromatic carbocycles. The molecule has 2 N–H and O–H groups in total. The van der Waals surface area contributed by atoms with Crippen molar-refractivity contribution >= 4 is 40.3 Å². The van der Waals surface area contributed by atoms with E-state index in [0.717, 1.165) is 0 Å². The predicted molar refractivity (Wildman–Crippen MR) is 90.1 cm³/mol. The molecule has 2 aromatic rings. The van der Waals surface area contributed by atoms with Gasteiger partial charge in [0.1, 0.15) is 12.4 Å². The second kappa shape index (κ2) is 7.56. The first-order chi connectivity index (χ1) is 10.2. The number of anilines is 1. The standard InChI is InChI=1S/C15H14N2O2S2/c1-2-9-19-12-7-4-3-6-11(12)16-15(20)17-14(18)13-8-5-10-21-13/h2-8,10H,1,9H2,(H2,16,17,18,20). The highest BCUT2D eigenvalue weighted by atomic mass is 32.1. The van der Waals surface area contributed by atoms with Crippen LogP contribution >= 0.6 is 23.6 Å². The molecular formula is C15H14N2O2S2. The molecule has 2 rings (SSSR count). The zero-order valence-corrected chi connectivity index (χ0v) is 12.8. The van der Waals surface area contributed by atoms with Crippen molar-refractivity contribution < 1.29 is 9.53 Å². The van der Waals surface area contributed by atoms with E-state index in [0.29, 0.717) is 22.9 Å². The Morgan fingerprint density at radius 3 is 2.86 bits per heavy atom. The Hall–Kier alpha value is -2.18. The van der Waals surface area contributed by atoms with Crippen LogP contribution in [0, 0.1) is 0 Å². The largest absolute Gasteiger partial charge is 0.487 e. The molecule has 4 nitrogen and oxygen atoms in total. The van der Waals surface area contributed by atoms with Crippen LogP contribution in [0.3, 0.4) is 0 Å². The third-order valence-corrected chi connectivity index (χ3v) is 3.54. The number of benzene rings is 1. The molecule has 0 unspecified atom stereocenters. The normalized spacial score (nSPS) is 9.71. The zero-order chi connectivity index (χ0) is 15.1. The fourth-order valence-electron chi connectivity index (χ4n) is 1.57. The fraction of sp³-hybridized carbons (Fsp3) is 0.0667. The second-order valence-corrected chi connectivity index (χ2v) is 5.34. The molecule has 0 saturated heterocycles. The topological polar surface area (TPSA) is 50.4 Å². The number of hydrogen-bond donors (Lipinski definition) is 2. The summed E-state index contributed by atoms with van der Waals surface area (Å²) in [6.07, 6.45) is 1.66. The van der Waals surface area contributed by atoms with Crippen LogP contribution in [0.15, 0.2) is 54.4 Å². The molecule has 0 atom stereocenters. The minimum absolute atomic E-state index is 0.225. The van der Waals surface area contributed by atoms with Gasteiger partial charge in [0.2, 0.25) is 0 Å². The Morgan fingerprint density at radius 1 is 1.33 bits per heavy atom. The van der Waals surface area contributed by atoms with E-state index in [1.807, 2.05) is 35.7 Å².